The molecule has 2 aromatic carbocycles. The summed E-state index contributed by atoms with van der Waals surface area (Å²) in [6.45, 7) is 3.76. The molecule has 0 spiro atoms. The zero-order chi connectivity index (χ0) is 19.4. The maximum atomic E-state index is 13.1. The Bertz CT molecular complexity index is 979. The summed E-state index contributed by atoms with van der Waals surface area (Å²) in [5.41, 5.74) is 3.13. The van der Waals surface area contributed by atoms with Gasteiger partial charge < -0.3 is 5.32 Å². The second-order valence-electron chi connectivity index (χ2n) is 5.97. The second kappa shape index (κ2) is 8.50. The number of anilines is 1. The van der Waals surface area contributed by atoms with Crippen molar-refractivity contribution in [2.45, 2.75) is 18.9 Å². The largest absolute Gasteiger partial charge is 0.325 e. The molecule has 1 amide bonds. The van der Waals surface area contributed by atoms with Crippen LogP contribution >= 0.6 is 23.4 Å². The Morgan fingerprint density at radius 2 is 1.85 bits per heavy atom. The highest BCUT2D eigenvalue weighted by Gasteiger charge is 2.10. The van der Waals surface area contributed by atoms with Gasteiger partial charge in [0.15, 0.2) is 5.82 Å². The highest BCUT2D eigenvalue weighted by molar-refractivity contribution is 7.99. The minimum Gasteiger partial charge on any atom is -0.325 e. The third kappa shape index (κ3) is 5.28. The quantitative estimate of drug-likeness (QED) is 0.466. The summed E-state index contributed by atoms with van der Waals surface area (Å²) in [5, 5.41) is 4.11. The number of hydrogen-bond acceptors (Lipinski definition) is 4. The number of benzene rings is 2. The molecule has 27 heavy (non-hydrogen) atoms. The molecule has 1 aromatic heterocycles. The van der Waals surface area contributed by atoms with Crippen LogP contribution in [0, 0.1) is 19.7 Å². The van der Waals surface area contributed by atoms with Gasteiger partial charge in [-0.3, -0.25) is 4.79 Å². The predicted octanol–water partition coefficient (Wildman–Crippen LogP) is 5.28. The normalized spacial score (nSPS) is 10.7. The van der Waals surface area contributed by atoms with Crippen LogP contribution in [0.3, 0.4) is 0 Å². The molecule has 0 radical (unpaired) electrons. The van der Waals surface area contributed by atoms with E-state index >= 15 is 0 Å². The summed E-state index contributed by atoms with van der Waals surface area (Å²) in [4.78, 5) is 21.1. The number of nitrogens with one attached hydrogen (secondary N) is 1. The van der Waals surface area contributed by atoms with E-state index in [0.29, 0.717) is 21.6 Å². The Morgan fingerprint density at radius 3 is 2.59 bits per heavy atom. The van der Waals surface area contributed by atoms with Crippen LogP contribution in [0.15, 0.2) is 53.6 Å². The molecule has 0 aliphatic rings. The molecule has 0 fully saturated rings. The lowest BCUT2D eigenvalue weighted by Gasteiger charge is -2.09. The molecule has 1 heterocycles. The third-order valence-electron chi connectivity index (χ3n) is 3.76. The monoisotopic (exact) mass is 401 g/mol. The topological polar surface area (TPSA) is 54.9 Å². The number of amides is 1. The molecule has 1 N–H and O–H groups in total. The van der Waals surface area contributed by atoms with Crippen molar-refractivity contribution in [3.8, 4) is 11.4 Å². The van der Waals surface area contributed by atoms with Crippen LogP contribution in [0.5, 0.6) is 0 Å². The van der Waals surface area contributed by atoms with Crippen molar-refractivity contribution in [1.29, 1.82) is 0 Å². The van der Waals surface area contributed by atoms with Crippen LogP contribution in [-0.2, 0) is 4.79 Å². The van der Waals surface area contributed by atoms with Crippen molar-refractivity contribution in [3.63, 3.8) is 0 Å². The number of thioether (sulfide) groups is 1. The van der Waals surface area contributed by atoms with Crippen LogP contribution in [0.4, 0.5) is 10.1 Å². The van der Waals surface area contributed by atoms with E-state index in [2.05, 4.69) is 15.3 Å². The van der Waals surface area contributed by atoms with E-state index in [4.69, 9.17) is 11.6 Å². The fourth-order valence-corrected chi connectivity index (χ4v) is 3.32. The third-order valence-corrected chi connectivity index (χ3v) is 4.90. The van der Waals surface area contributed by atoms with Gasteiger partial charge in [-0.15, -0.1) is 0 Å². The second-order valence-corrected chi connectivity index (χ2v) is 7.41. The van der Waals surface area contributed by atoms with Gasteiger partial charge in [-0.2, -0.15) is 0 Å². The summed E-state index contributed by atoms with van der Waals surface area (Å²) in [7, 11) is 0. The Balaban J connectivity index is 1.69. The van der Waals surface area contributed by atoms with Crippen molar-refractivity contribution in [2.75, 3.05) is 11.1 Å². The smallest absolute Gasteiger partial charge is 0.234 e. The number of nitrogens with zero attached hydrogens (tertiary/aromatic N) is 2. The van der Waals surface area contributed by atoms with Crippen LogP contribution in [0.1, 0.15) is 11.3 Å². The Morgan fingerprint density at radius 1 is 1.11 bits per heavy atom. The number of hydrogen-bond donors (Lipinski definition) is 1. The lowest BCUT2D eigenvalue weighted by atomic mass is 10.2. The number of aromatic nitrogens is 2. The Hall–Kier alpha value is -2.44. The summed E-state index contributed by atoms with van der Waals surface area (Å²) < 4.78 is 13.1. The van der Waals surface area contributed by atoms with Gasteiger partial charge in [0.05, 0.1) is 5.75 Å². The molecule has 3 aromatic rings. The van der Waals surface area contributed by atoms with Gasteiger partial charge in [-0.1, -0.05) is 29.4 Å². The molecule has 0 saturated heterocycles. The van der Waals surface area contributed by atoms with Crippen LogP contribution in [0.2, 0.25) is 5.02 Å². The van der Waals surface area contributed by atoms with E-state index in [1.807, 2.05) is 26.0 Å². The fraction of sp³-hybridized carbons (Fsp3) is 0.150. The van der Waals surface area contributed by atoms with Crippen molar-refractivity contribution in [1.82, 2.24) is 9.97 Å². The first kappa shape index (κ1) is 19.3. The van der Waals surface area contributed by atoms with Crippen molar-refractivity contribution >= 4 is 35.0 Å². The molecule has 0 unspecified atom stereocenters. The maximum Gasteiger partial charge on any atom is 0.234 e. The van der Waals surface area contributed by atoms with Crippen molar-refractivity contribution in [3.05, 3.63) is 70.6 Å². The highest BCUT2D eigenvalue weighted by atomic mass is 35.5. The van der Waals surface area contributed by atoms with E-state index in [9.17, 15) is 9.18 Å². The van der Waals surface area contributed by atoms with E-state index in [0.717, 1.165) is 16.8 Å². The summed E-state index contributed by atoms with van der Waals surface area (Å²) in [5.74, 6) is 0.244. The number of carbonyl (C=O) groups is 1. The standard InChI is InChI=1S/C20H17ClFN3OS/c1-12-3-6-15(21)10-17(12)24-18(26)11-27-19-9-13(2)23-20(25-19)14-4-7-16(22)8-5-14/h3-10H,11H2,1-2H3,(H,24,26). The number of halogens is 2. The van der Waals surface area contributed by atoms with Crippen LogP contribution < -0.4 is 5.32 Å². The molecule has 7 heteroatoms. The average molecular weight is 402 g/mol. The molecular formula is C20H17ClFN3OS. The van der Waals surface area contributed by atoms with Gasteiger partial charge in [0, 0.05) is 22.0 Å². The van der Waals surface area contributed by atoms with Gasteiger partial charge in [0.2, 0.25) is 5.91 Å². The zero-order valence-corrected chi connectivity index (χ0v) is 16.4. The van der Waals surface area contributed by atoms with Gasteiger partial charge >= 0.3 is 0 Å². The van der Waals surface area contributed by atoms with Gasteiger partial charge in [0.1, 0.15) is 10.8 Å². The van der Waals surface area contributed by atoms with Crippen LogP contribution in [-0.4, -0.2) is 21.6 Å². The van der Waals surface area contributed by atoms with E-state index < -0.39 is 0 Å². The number of aryl methyl sites for hydroxylation is 2. The summed E-state index contributed by atoms with van der Waals surface area (Å²) in [6, 6.07) is 13.2. The molecule has 4 nitrogen and oxygen atoms in total. The molecule has 138 valence electrons. The lowest BCUT2D eigenvalue weighted by molar-refractivity contribution is -0.113. The van der Waals surface area contributed by atoms with Gasteiger partial charge in [0.25, 0.3) is 0 Å². The first-order valence-corrected chi connectivity index (χ1v) is 9.57. The maximum absolute atomic E-state index is 13.1. The molecule has 0 bridgehead atoms. The number of rotatable bonds is 5. The van der Waals surface area contributed by atoms with E-state index in [1.165, 1.54) is 23.9 Å². The van der Waals surface area contributed by atoms with Crippen molar-refractivity contribution < 1.29 is 9.18 Å². The molecule has 0 aliphatic heterocycles. The SMILES string of the molecule is Cc1cc(SCC(=O)Nc2cc(Cl)ccc2C)nc(-c2ccc(F)cc2)n1. The van der Waals surface area contributed by atoms with Gasteiger partial charge in [-0.05, 0) is 61.9 Å². The predicted molar refractivity (Wildman–Crippen MR) is 108 cm³/mol. The Kier molecular flexibility index (Phi) is 6.08. The molecular weight excluding hydrogens is 385 g/mol. The van der Waals surface area contributed by atoms with Crippen LogP contribution in [0.25, 0.3) is 11.4 Å². The number of carbonyl (C=O) groups excluding carboxylic acids is 1. The van der Waals surface area contributed by atoms with E-state index in [1.54, 1.807) is 24.3 Å². The first-order chi connectivity index (χ1) is 12.9. The zero-order valence-electron chi connectivity index (χ0n) is 14.8. The Labute approximate surface area is 166 Å². The molecule has 0 atom stereocenters. The van der Waals surface area contributed by atoms with Gasteiger partial charge in [-0.25, -0.2) is 14.4 Å². The van der Waals surface area contributed by atoms with E-state index in [-0.39, 0.29) is 17.5 Å². The molecule has 0 saturated carbocycles. The first-order valence-electron chi connectivity index (χ1n) is 8.21. The van der Waals surface area contributed by atoms with Crippen molar-refractivity contribution in [2.24, 2.45) is 0 Å². The lowest BCUT2D eigenvalue weighted by Crippen LogP contribution is -2.15. The average Bonchev–Trinajstić information content (AvgIpc) is 2.63. The summed E-state index contributed by atoms with van der Waals surface area (Å²) in [6.07, 6.45) is 0. The fourth-order valence-electron chi connectivity index (χ4n) is 2.40. The minimum absolute atomic E-state index is 0.148. The molecule has 3 rings (SSSR count). The molecule has 0 aliphatic carbocycles. The minimum atomic E-state index is -0.311. The summed E-state index contributed by atoms with van der Waals surface area (Å²) >= 11 is 7.29. The highest BCUT2D eigenvalue weighted by Crippen LogP contribution is 2.23.